The zero-order valence-corrected chi connectivity index (χ0v) is 14.5. The summed E-state index contributed by atoms with van der Waals surface area (Å²) in [4.78, 5) is 12.4. The molecule has 0 spiro atoms. The molecule has 1 unspecified atom stereocenters. The molecule has 5 heteroatoms. The Bertz CT molecular complexity index is 808. The first-order valence-corrected chi connectivity index (χ1v) is 8.48. The summed E-state index contributed by atoms with van der Waals surface area (Å²) in [5.41, 5.74) is -0.122. The fourth-order valence-electron chi connectivity index (χ4n) is 2.83. The summed E-state index contributed by atoms with van der Waals surface area (Å²) < 4.78 is 0. The van der Waals surface area contributed by atoms with Gasteiger partial charge in [0.1, 0.15) is 23.0 Å². The van der Waals surface area contributed by atoms with Crippen LogP contribution in [0.1, 0.15) is 49.9 Å². The minimum absolute atomic E-state index is 0.0917. The van der Waals surface area contributed by atoms with Gasteiger partial charge in [-0.1, -0.05) is 39.2 Å². The first kappa shape index (κ1) is 18.6. The minimum Gasteiger partial charge on any atom is -0.507 e. The van der Waals surface area contributed by atoms with E-state index in [2.05, 4.69) is 6.92 Å². The molecule has 2 aromatic rings. The van der Waals surface area contributed by atoms with E-state index in [4.69, 9.17) is 0 Å². The molecule has 0 aliphatic rings. The fraction of sp³-hybridized carbons (Fsp3) is 0.350. The lowest BCUT2D eigenvalue weighted by atomic mass is 9.98. The van der Waals surface area contributed by atoms with Crippen LogP contribution in [0, 0.1) is 5.92 Å². The number of ketones is 1. The van der Waals surface area contributed by atoms with Crippen LogP contribution < -0.4 is 0 Å². The summed E-state index contributed by atoms with van der Waals surface area (Å²) in [6.07, 6.45) is 7.49. The van der Waals surface area contributed by atoms with E-state index in [1.807, 2.05) is 6.92 Å². The maximum absolute atomic E-state index is 12.4. The molecular weight excluding hydrogens is 320 g/mol. The molecule has 0 amide bonds. The summed E-state index contributed by atoms with van der Waals surface area (Å²) in [6.45, 7) is 4.15. The van der Waals surface area contributed by atoms with Crippen molar-refractivity contribution in [2.45, 2.75) is 39.5 Å². The van der Waals surface area contributed by atoms with Crippen molar-refractivity contribution in [2.75, 3.05) is 0 Å². The average Bonchev–Trinajstić information content (AvgIpc) is 2.58. The number of aromatic hydroxyl groups is 4. The van der Waals surface area contributed by atoms with E-state index in [1.54, 1.807) is 6.08 Å². The third-order valence-corrected chi connectivity index (χ3v) is 4.30. The number of unbranched alkanes of at least 4 members (excludes halogenated alkanes) is 2. The number of phenols is 4. The van der Waals surface area contributed by atoms with Gasteiger partial charge in [0.15, 0.2) is 5.78 Å². The molecule has 0 radical (unpaired) electrons. The van der Waals surface area contributed by atoms with Crippen molar-refractivity contribution in [2.24, 2.45) is 5.92 Å². The summed E-state index contributed by atoms with van der Waals surface area (Å²) in [6, 6.07) is 3.50. The standard InChI is InChI=1S/C20H24O5/c1-3-4-5-6-12(2)7-8-14(21)13-11-17(24)18-15(22)9-10-16(23)19(18)20(13)25/h7-12,22-25H,3-6H2,1-2H3. The van der Waals surface area contributed by atoms with Crippen molar-refractivity contribution in [1.29, 1.82) is 0 Å². The third-order valence-electron chi connectivity index (χ3n) is 4.30. The van der Waals surface area contributed by atoms with Crippen LogP contribution >= 0.6 is 0 Å². The number of carbonyl (C=O) groups excluding carboxylic acids is 1. The second-order valence-corrected chi connectivity index (χ2v) is 6.34. The lowest BCUT2D eigenvalue weighted by Crippen LogP contribution is -1.98. The van der Waals surface area contributed by atoms with E-state index < -0.39 is 11.5 Å². The number of rotatable bonds is 7. The number of fused-ring (bicyclic) bond motifs is 1. The van der Waals surface area contributed by atoms with Gasteiger partial charge in [-0.3, -0.25) is 4.79 Å². The Balaban J connectivity index is 2.33. The SMILES string of the molecule is CCCCCC(C)C=CC(=O)c1cc(O)c2c(O)ccc(O)c2c1O. The van der Waals surface area contributed by atoms with Gasteiger partial charge in [-0.05, 0) is 36.6 Å². The molecule has 134 valence electrons. The first-order valence-electron chi connectivity index (χ1n) is 8.48. The van der Waals surface area contributed by atoms with Gasteiger partial charge in [0, 0.05) is 0 Å². The summed E-state index contributed by atoms with van der Waals surface area (Å²) in [5.74, 6) is -1.71. The van der Waals surface area contributed by atoms with Gasteiger partial charge < -0.3 is 20.4 Å². The molecule has 0 aliphatic heterocycles. The summed E-state index contributed by atoms with van der Waals surface area (Å²) in [5, 5.41) is 40.0. The van der Waals surface area contributed by atoms with Crippen LogP contribution in [0.2, 0.25) is 0 Å². The van der Waals surface area contributed by atoms with Crippen molar-refractivity contribution in [3.05, 3.63) is 35.9 Å². The zero-order valence-electron chi connectivity index (χ0n) is 14.5. The normalized spacial score (nSPS) is 12.7. The molecule has 0 heterocycles. The Labute approximate surface area is 146 Å². The molecule has 0 aromatic heterocycles. The Morgan fingerprint density at radius 3 is 2.32 bits per heavy atom. The molecular formula is C20H24O5. The van der Waals surface area contributed by atoms with Crippen LogP contribution in [0.4, 0.5) is 0 Å². The van der Waals surface area contributed by atoms with Crippen LogP contribution in [0.15, 0.2) is 30.4 Å². The number of hydrogen-bond donors (Lipinski definition) is 4. The molecule has 0 fully saturated rings. The molecule has 4 N–H and O–H groups in total. The smallest absolute Gasteiger partial charge is 0.189 e. The summed E-state index contributed by atoms with van der Waals surface area (Å²) >= 11 is 0. The van der Waals surface area contributed by atoms with Gasteiger partial charge in [0.2, 0.25) is 0 Å². The molecule has 0 saturated heterocycles. The average molecular weight is 344 g/mol. The molecule has 25 heavy (non-hydrogen) atoms. The van der Waals surface area contributed by atoms with Gasteiger partial charge in [-0.2, -0.15) is 0 Å². The van der Waals surface area contributed by atoms with Crippen LogP contribution in [0.5, 0.6) is 23.0 Å². The highest BCUT2D eigenvalue weighted by molar-refractivity contribution is 6.13. The van der Waals surface area contributed by atoms with E-state index in [-0.39, 0.29) is 39.5 Å². The second kappa shape index (κ2) is 7.92. The fourth-order valence-corrected chi connectivity index (χ4v) is 2.83. The van der Waals surface area contributed by atoms with E-state index in [0.29, 0.717) is 0 Å². The Kier molecular flexibility index (Phi) is 5.91. The monoisotopic (exact) mass is 344 g/mol. The number of allylic oxidation sites excluding steroid dienone is 2. The number of hydrogen-bond acceptors (Lipinski definition) is 5. The van der Waals surface area contributed by atoms with Gasteiger partial charge in [0.25, 0.3) is 0 Å². The van der Waals surface area contributed by atoms with Crippen LogP contribution in [0.25, 0.3) is 10.8 Å². The van der Waals surface area contributed by atoms with Gasteiger partial charge in [-0.25, -0.2) is 0 Å². The maximum Gasteiger partial charge on any atom is 0.189 e. The van der Waals surface area contributed by atoms with E-state index in [0.717, 1.165) is 31.7 Å². The van der Waals surface area contributed by atoms with Crippen LogP contribution in [-0.4, -0.2) is 26.2 Å². The molecule has 2 aromatic carbocycles. The van der Waals surface area contributed by atoms with E-state index in [1.165, 1.54) is 18.2 Å². The van der Waals surface area contributed by atoms with Gasteiger partial charge >= 0.3 is 0 Å². The minimum atomic E-state index is -0.472. The topological polar surface area (TPSA) is 98.0 Å². The molecule has 0 saturated carbocycles. The highest BCUT2D eigenvalue weighted by Gasteiger charge is 2.20. The Hall–Kier alpha value is -2.69. The van der Waals surface area contributed by atoms with Gasteiger partial charge in [0.05, 0.1) is 16.3 Å². The van der Waals surface area contributed by atoms with E-state index >= 15 is 0 Å². The van der Waals surface area contributed by atoms with Crippen molar-refractivity contribution < 1.29 is 25.2 Å². The lowest BCUT2D eigenvalue weighted by molar-refractivity contribution is 0.104. The van der Waals surface area contributed by atoms with Crippen molar-refractivity contribution in [3.8, 4) is 23.0 Å². The predicted molar refractivity (Wildman–Crippen MR) is 97.4 cm³/mol. The van der Waals surface area contributed by atoms with Crippen molar-refractivity contribution >= 4 is 16.6 Å². The van der Waals surface area contributed by atoms with E-state index in [9.17, 15) is 25.2 Å². The lowest BCUT2D eigenvalue weighted by Gasteiger charge is -2.11. The molecule has 0 aliphatic carbocycles. The highest BCUT2D eigenvalue weighted by Crippen LogP contribution is 2.44. The third kappa shape index (κ3) is 4.05. The van der Waals surface area contributed by atoms with Crippen molar-refractivity contribution in [3.63, 3.8) is 0 Å². The quantitative estimate of drug-likeness (QED) is 0.254. The zero-order chi connectivity index (χ0) is 18.6. The highest BCUT2D eigenvalue weighted by atomic mass is 16.3. The molecule has 5 nitrogen and oxygen atoms in total. The molecule has 2 rings (SSSR count). The van der Waals surface area contributed by atoms with Gasteiger partial charge in [-0.15, -0.1) is 0 Å². The molecule has 0 bridgehead atoms. The number of phenolic OH excluding ortho intramolecular Hbond substituents is 4. The summed E-state index contributed by atoms with van der Waals surface area (Å²) in [7, 11) is 0. The van der Waals surface area contributed by atoms with Crippen LogP contribution in [-0.2, 0) is 0 Å². The predicted octanol–water partition coefficient (Wildman–Crippen LogP) is 4.62. The van der Waals surface area contributed by atoms with Crippen molar-refractivity contribution in [1.82, 2.24) is 0 Å². The Morgan fingerprint density at radius 2 is 1.68 bits per heavy atom. The van der Waals surface area contributed by atoms with Crippen LogP contribution in [0.3, 0.4) is 0 Å². The number of benzene rings is 2. The first-order chi connectivity index (χ1) is 11.9. The maximum atomic E-state index is 12.4. The largest absolute Gasteiger partial charge is 0.507 e. The molecule has 1 atom stereocenters. The second-order valence-electron chi connectivity index (χ2n) is 6.34. The number of carbonyl (C=O) groups is 1. The Morgan fingerprint density at radius 1 is 1.04 bits per heavy atom.